The van der Waals surface area contributed by atoms with Crippen LogP contribution in [0.1, 0.15) is 21.5 Å². The highest BCUT2D eigenvalue weighted by molar-refractivity contribution is 6.32. The zero-order valence-electron chi connectivity index (χ0n) is 13.1. The number of aryl methyl sites for hydroxylation is 1. The third-order valence-electron chi connectivity index (χ3n) is 4.22. The number of pyridine rings is 1. The van der Waals surface area contributed by atoms with Crippen LogP contribution in [0.5, 0.6) is 0 Å². The summed E-state index contributed by atoms with van der Waals surface area (Å²) in [5, 5.41) is 2.49. The average molecular weight is 332 g/mol. The molecule has 0 saturated carbocycles. The maximum absolute atomic E-state index is 12.9. The SMILES string of the molecule is Cc1cccc2nc3c(C(=O)c4ccccc4)cc(Cl)cc3cc12. The standard InChI is InChI=1S/C21H14ClNO/c1-13-6-5-9-19-17(13)11-15-10-16(22)12-18(20(15)23-19)21(24)14-7-3-2-4-8-14/h2-12H,1H3. The lowest BCUT2D eigenvalue weighted by Gasteiger charge is -2.09. The Morgan fingerprint density at radius 3 is 2.54 bits per heavy atom. The van der Waals surface area contributed by atoms with Crippen LogP contribution in [0.4, 0.5) is 0 Å². The smallest absolute Gasteiger partial charge is 0.195 e. The van der Waals surface area contributed by atoms with Gasteiger partial charge in [-0.25, -0.2) is 4.98 Å². The fraction of sp³-hybridized carbons (Fsp3) is 0.0476. The van der Waals surface area contributed by atoms with Gasteiger partial charge in [0.25, 0.3) is 0 Å². The lowest BCUT2D eigenvalue weighted by Crippen LogP contribution is -2.03. The summed E-state index contributed by atoms with van der Waals surface area (Å²) in [7, 11) is 0. The van der Waals surface area contributed by atoms with Crippen molar-refractivity contribution in [1.82, 2.24) is 4.98 Å². The third-order valence-corrected chi connectivity index (χ3v) is 4.44. The molecule has 0 bridgehead atoms. The van der Waals surface area contributed by atoms with Crippen LogP contribution in [0.15, 0.2) is 66.7 Å². The minimum absolute atomic E-state index is 0.0670. The molecular weight excluding hydrogens is 318 g/mol. The predicted molar refractivity (Wildman–Crippen MR) is 98.9 cm³/mol. The number of hydrogen-bond acceptors (Lipinski definition) is 2. The Morgan fingerprint density at radius 1 is 0.958 bits per heavy atom. The molecule has 0 aliphatic carbocycles. The molecule has 1 aromatic heterocycles. The van der Waals surface area contributed by atoms with Gasteiger partial charge < -0.3 is 0 Å². The quantitative estimate of drug-likeness (QED) is 0.354. The van der Waals surface area contributed by atoms with E-state index in [-0.39, 0.29) is 5.78 Å². The number of carbonyl (C=O) groups excluding carboxylic acids is 1. The number of hydrogen-bond donors (Lipinski definition) is 0. The van der Waals surface area contributed by atoms with E-state index in [4.69, 9.17) is 16.6 Å². The number of halogens is 1. The van der Waals surface area contributed by atoms with Crippen LogP contribution in [0.2, 0.25) is 5.02 Å². The summed E-state index contributed by atoms with van der Waals surface area (Å²) in [6.07, 6.45) is 0. The van der Waals surface area contributed by atoms with Gasteiger partial charge in [0.2, 0.25) is 0 Å². The molecule has 4 rings (SSSR count). The molecule has 0 atom stereocenters. The zero-order chi connectivity index (χ0) is 16.7. The molecule has 0 aliphatic rings. The van der Waals surface area contributed by atoms with Gasteiger partial charge in [-0.2, -0.15) is 0 Å². The molecule has 2 nitrogen and oxygen atoms in total. The van der Waals surface area contributed by atoms with Gasteiger partial charge in [0.05, 0.1) is 16.6 Å². The summed E-state index contributed by atoms with van der Waals surface area (Å²) >= 11 is 6.27. The first-order valence-corrected chi connectivity index (χ1v) is 8.11. The monoisotopic (exact) mass is 331 g/mol. The molecule has 3 heteroatoms. The fourth-order valence-corrected chi connectivity index (χ4v) is 3.23. The van der Waals surface area contributed by atoms with Crippen LogP contribution in [0, 0.1) is 6.92 Å². The van der Waals surface area contributed by atoms with Crippen LogP contribution in [-0.2, 0) is 0 Å². The molecule has 0 unspecified atom stereocenters. The minimum atomic E-state index is -0.0670. The van der Waals surface area contributed by atoms with Crippen molar-refractivity contribution in [3.8, 4) is 0 Å². The topological polar surface area (TPSA) is 30.0 Å². The second-order valence-electron chi connectivity index (χ2n) is 5.85. The van der Waals surface area contributed by atoms with E-state index in [2.05, 4.69) is 19.1 Å². The van der Waals surface area contributed by atoms with Crippen LogP contribution in [0.25, 0.3) is 21.8 Å². The van der Waals surface area contributed by atoms with Crippen molar-refractivity contribution in [1.29, 1.82) is 0 Å². The summed E-state index contributed by atoms with van der Waals surface area (Å²) in [5.41, 5.74) is 3.88. The first-order valence-electron chi connectivity index (χ1n) is 7.73. The molecule has 0 fully saturated rings. The van der Waals surface area contributed by atoms with Gasteiger partial charge in [0.15, 0.2) is 5.78 Å². The first-order chi connectivity index (χ1) is 11.6. The Bertz CT molecular complexity index is 1090. The Balaban J connectivity index is 2.03. The summed E-state index contributed by atoms with van der Waals surface area (Å²) in [6.45, 7) is 2.05. The number of ketones is 1. The van der Waals surface area contributed by atoms with Gasteiger partial charge in [0.1, 0.15) is 0 Å². The summed E-state index contributed by atoms with van der Waals surface area (Å²) < 4.78 is 0. The molecule has 0 amide bonds. The number of aromatic nitrogens is 1. The molecule has 0 radical (unpaired) electrons. The molecule has 0 N–H and O–H groups in total. The first kappa shape index (κ1) is 14.9. The van der Waals surface area contributed by atoms with Crippen LogP contribution in [-0.4, -0.2) is 10.8 Å². The van der Waals surface area contributed by atoms with Crippen molar-refractivity contribution in [2.45, 2.75) is 6.92 Å². The number of nitrogens with zero attached hydrogens (tertiary/aromatic N) is 1. The van der Waals surface area contributed by atoms with Crippen LogP contribution in [0.3, 0.4) is 0 Å². The van der Waals surface area contributed by atoms with Crippen molar-refractivity contribution < 1.29 is 4.79 Å². The van der Waals surface area contributed by atoms with Gasteiger partial charge in [-0.3, -0.25) is 4.79 Å². The lowest BCUT2D eigenvalue weighted by molar-refractivity contribution is 0.104. The number of fused-ring (bicyclic) bond motifs is 2. The number of carbonyl (C=O) groups is 1. The van der Waals surface area contributed by atoms with E-state index in [0.717, 1.165) is 21.9 Å². The van der Waals surface area contributed by atoms with E-state index in [0.29, 0.717) is 21.7 Å². The highest BCUT2D eigenvalue weighted by Crippen LogP contribution is 2.29. The highest BCUT2D eigenvalue weighted by Gasteiger charge is 2.15. The van der Waals surface area contributed by atoms with E-state index in [1.807, 2.05) is 36.4 Å². The third kappa shape index (κ3) is 2.45. The largest absolute Gasteiger partial charge is 0.289 e. The normalized spacial score (nSPS) is 11.1. The molecule has 1 heterocycles. The van der Waals surface area contributed by atoms with E-state index in [1.54, 1.807) is 18.2 Å². The lowest BCUT2D eigenvalue weighted by atomic mass is 9.99. The van der Waals surface area contributed by atoms with E-state index in [1.165, 1.54) is 0 Å². The summed E-state index contributed by atoms with van der Waals surface area (Å²) in [6, 6.07) is 20.8. The Morgan fingerprint density at radius 2 is 1.75 bits per heavy atom. The molecule has 4 aromatic rings. The van der Waals surface area contributed by atoms with Gasteiger partial charge in [0, 0.05) is 21.4 Å². The van der Waals surface area contributed by atoms with Crippen molar-refractivity contribution in [2.75, 3.05) is 0 Å². The second-order valence-corrected chi connectivity index (χ2v) is 6.29. The number of rotatable bonds is 2. The zero-order valence-corrected chi connectivity index (χ0v) is 13.8. The highest BCUT2D eigenvalue weighted by atomic mass is 35.5. The van der Waals surface area contributed by atoms with E-state index >= 15 is 0 Å². The van der Waals surface area contributed by atoms with Crippen LogP contribution >= 0.6 is 11.6 Å². The van der Waals surface area contributed by atoms with Crippen LogP contribution < -0.4 is 0 Å². The van der Waals surface area contributed by atoms with Gasteiger partial charge >= 0.3 is 0 Å². The van der Waals surface area contributed by atoms with E-state index in [9.17, 15) is 4.79 Å². The average Bonchev–Trinajstić information content (AvgIpc) is 2.60. The second kappa shape index (κ2) is 5.73. The Kier molecular flexibility index (Phi) is 3.55. The molecule has 0 aliphatic heterocycles. The predicted octanol–water partition coefficient (Wildman–Crippen LogP) is 5.58. The Hall–Kier alpha value is -2.71. The number of benzene rings is 3. The maximum atomic E-state index is 12.9. The van der Waals surface area contributed by atoms with Gasteiger partial charge in [-0.15, -0.1) is 0 Å². The molecule has 0 spiro atoms. The van der Waals surface area contributed by atoms with Crippen molar-refractivity contribution in [3.05, 3.63) is 88.4 Å². The maximum Gasteiger partial charge on any atom is 0.195 e. The van der Waals surface area contributed by atoms with Crippen molar-refractivity contribution >= 4 is 39.2 Å². The van der Waals surface area contributed by atoms with Gasteiger partial charge in [-0.05, 0) is 36.8 Å². The molecule has 24 heavy (non-hydrogen) atoms. The van der Waals surface area contributed by atoms with Crippen molar-refractivity contribution in [2.24, 2.45) is 0 Å². The minimum Gasteiger partial charge on any atom is -0.289 e. The van der Waals surface area contributed by atoms with E-state index < -0.39 is 0 Å². The Labute approximate surface area is 144 Å². The molecule has 3 aromatic carbocycles. The summed E-state index contributed by atoms with van der Waals surface area (Å²) in [4.78, 5) is 17.7. The molecular formula is C21H14ClNO. The van der Waals surface area contributed by atoms with Gasteiger partial charge in [-0.1, -0.05) is 54.1 Å². The summed E-state index contributed by atoms with van der Waals surface area (Å²) in [5.74, 6) is -0.0670. The van der Waals surface area contributed by atoms with Crippen molar-refractivity contribution in [3.63, 3.8) is 0 Å². The fourth-order valence-electron chi connectivity index (χ4n) is 3.00. The molecule has 0 saturated heterocycles. The molecule has 116 valence electrons.